The summed E-state index contributed by atoms with van der Waals surface area (Å²) < 4.78 is 13.1. The number of nitrogens with zero attached hydrogens (tertiary/aromatic N) is 2. The number of aromatic nitrogens is 2. The van der Waals surface area contributed by atoms with Gasteiger partial charge < -0.3 is 19.4 Å². The first-order chi connectivity index (χ1) is 16.1. The number of rotatable bonds is 14. The molecule has 0 aliphatic carbocycles. The fourth-order valence-corrected chi connectivity index (χ4v) is 3.93. The standard InChI is InChI=1S/C27H37N3O3/c1-21-14-15-23(19-22(21)2)33-18-10-9-17-30-25-12-7-6-11-24(25)29-26(30)13-5-4-8-16-28-27(31)20-32-3/h6-7,11-12,14-15,19H,4-5,8-10,13,16-18,20H2,1-3H3,(H,28,31). The molecule has 3 aromatic rings. The van der Waals surface area contributed by atoms with Crippen LogP contribution in [0.2, 0.25) is 0 Å². The molecule has 0 saturated heterocycles. The Morgan fingerprint density at radius 2 is 1.85 bits per heavy atom. The minimum absolute atomic E-state index is 0.0548. The zero-order valence-corrected chi connectivity index (χ0v) is 20.2. The Kier molecular flexibility index (Phi) is 9.76. The second-order valence-corrected chi connectivity index (χ2v) is 8.56. The molecule has 0 aliphatic heterocycles. The molecular weight excluding hydrogens is 414 g/mol. The van der Waals surface area contributed by atoms with Gasteiger partial charge in [0.05, 0.1) is 17.6 Å². The highest BCUT2D eigenvalue weighted by Gasteiger charge is 2.10. The summed E-state index contributed by atoms with van der Waals surface area (Å²) in [5, 5.41) is 2.88. The Balaban J connectivity index is 1.46. The molecule has 0 radical (unpaired) electrons. The van der Waals surface area contributed by atoms with Crippen LogP contribution in [0.4, 0.5) is 0 Å². The van der Waals surface area contributed by atoms with Gasteiger partial charge in [0, 0.05) is 26.6 Å². The summed E-state index contributed by atoms with van der Waals surface area (Å²) in [7, 11) is 1.53. The van der Waals surface area contributed by atoms with Crippen LogP contribution in [0.5, 0.6) is 5.75 Å². The van der Waals surface area contributed by atoms with E-state index in [1.165, 1.54) is 23.8 Å². The maximum atomic E-state index is 11.4. The van der Waals surface area contributed by atoms with E-state index in [0.29, 0.717) is 6.54 Å². The molecule has 1 N–H and O–H groups in total. The lowest BCUT2D eigenvalue weighted by Crippen LogP contribution is -2.27. The number of hydrogen-bond donors (Lipinski definition) is 1. The molecule has 0 unspecified atom stereocenters. The number of hydrogen-bond acceptors (Lipinski definition) is 4. The Labute approximate surface area is 197 Å². The summed E-state index contributed by atoms with van der Waals surface area (Å²) in [6.45, 7) is 6.72. The van der Waals surface area contributed by atoms with Gasteiger partial charge in [-0.1, -0.05) is 24.6 Å². The zero-order valence-electron chi connectivity index (χ0n) is 20.2. The van der Waals surface area contributed by atoms with E-state index in [0.717, 1.165) is 68.8 Å². The molecule has 33 heavy (non-hydrogen) atoms. The normalized spacial score (nSPS) is 11.1. The van der Waals surface area contributed by atoms with Crippen LogP contribution in [0.3, 0.4) is 0 Å². The summed E-state index contributed by atoms with van der Waals surface area (Å²) >= 11 is 0. The predicted molar refractivity (Wildman–Crippen MR) is 133 cm³/mol. The van der Waals surface area contributed by atoms with Crippen LogP contribution in [-0.4, -0.2) is 42.3 Å². The Morgan fingerprint density at radius 3 is 2.67 bits per heavy atom. The van der Waals surface area contributed by atoms with E-state index in [1.807, 2.05) is 12.1 Å². The van der Waals surface area contributed by atoms with Crippen molar-refractivity contribution >= 4 is 16.9 Å². The van der Waals surface area contributed by atoms with Crippen molar-refractivity contribution in [1.82, 2.24) is 14.9 Å². The van der Waals surface area contributed by atoms with Crippen molar-refractivity contribution in [3.63, 3.8) is 0 Å². The number of imidazole rings is 1. The molecule has 6 heteroatoms. The number of nitrogens with one attached hydrogen (secondary N) is 1. The molecule has 0 fully saturated rings. The number of ether oxygens (including phenoxy) is 2. The van der Waals surface area contributed by atoms with Crippen LogP contribution in [0.15, 0.2) is 42.5 Å². The van der Waals surface area contributed by atoms with E-state index in [4.69, 9.17) is 14.5 Å². The van der Waals surface area contributed by atoms with Crippen LogP contribution >= 0.6 is 0 Å². The lowest BCUT2D eigenvalue weighted by atomic mass is 10.1. The van der Waals surface area contributed by atoms with Crippen molar-refractivity contribution < 1.29 is 14.3 Å². The fourth-order valence-electron chi connectivity index (χ4n) is 3.93. The molecule has 1 aromatic heterocycles. The van der Waals surface area contributed by atoms with Gasteiger partial charge in [-0.3, -0.25) is 4.79 Å². The van der Waals surface area contributed by atoms with Gasteiger partial charge in [0.15, 0.2) is 0 Å². The van der Waals surface area contributed by atoms with Crippen molar-refractivity contribution in [2.45, 2.75) is 58.9 Å². The summed E-state index contributed by atoms with van der Waals surface area (Å²) in [5.74, 6) is 2.04. The highest BCUT2D eigenvalue weighted by molar-refractivity contribution is 5.77. The number of unbranched alkanes of at least 4 members (excludes halogenated alkanes) is 3. The summed E-state index contributed by atoms with van der Waals surface area (Å²) in [5.41, 5.74) is 4.82. The van der Waals surface area contributed by atoms with Gasteiger partial charge in [-0.15, -0.1) is 0 Å². The third kappa shape index (κ3) is 7.60. The number of fused-ring (bicyclic) bond motifs is 1. The highest BCUT2D eigenvalue weighted by Crippen LogP contribution is 2.20. The van der Waals surface area contributed by atoms with E-state index in [1.54, 1.807) is 0 Å². The van der Waals surface area contributed by atoms with Crippen molar-refractivity contribution in [2.75, 3.05) is 26.9 Å². The van der Waals surface area contributed by atoms with Gasteiger partial charge >= 0.3 is 0 Å². The molecule has 0 atom stereocenters. The number of carbonyl (C=O) groups excluding carboxylic acids is 1. The van der Waals surface area contributed by atoms with Crippen LogP contribution < -0.4 is 10.1 Å². The monoisotopic (exact) mass is 451 g/mol. The predicted octanol–water partition coefficient (Wildman–Crippen LogP) is 4.99. The Bertz CT molecular complexity index is 1030. The molecule has 2 aromatic carbocycles. The first-order valence-corrected chi connectivity index (χ1v) is 12.0. The van der Waals surface area contributed by atoms with Crippen LogP contribution in [0.1, 0.15) is 49.1 Å². The molecule has 6 nitrogen and oxygen atoms in total. The third-order valence-corrected chi connectivity index (χ3v) is 5.93. The quantitative estimate of drug-likeness (QED) is 0.351. The van der Waals surface area contributed by atoms with E-state index < -0.39 is 0 Å². The van der Waals surface area contributed by atoms with E-state index in [2.05, 4.69) is 54.1 Å². The zero-order chi connectivity index (χ0) is 23.5. The highest BCUT2D eigenvalue weighted by atomic mass is 16.5. The van der Waals surface area contributed by atoms with Crippen molar-refractivity contribution in [2.24, 2.45) is 0 Å². The van der Waals surface area contributed by atoms with Gasteiger partial charge in [-0.25, -0.2) is 4.98 Å². The largest absolute Gasteiger partial charge is 0.494 e. The minimum Gasteiger partial charge on any atom is -0.494 e. The number of para-hydroxylation sites is 2. The average Bonchev–Trinajstić information content (AvgIpc) is 3.16. The average molecular weight is 452 g/mol. The molecule has 0 aliphatic rings. The van der Waals surface area contributed by atoms with Crippen LogP contribution in [0, 0.1) is 13.8 Å². The Hall–Kier alpha value is -2.86. The lowest BCUT2D eigenvalue weighted by Gasteiger charge is -2.11. The molecule has 0 bridgehead atoms. The van der Waals surface area contributed by atoms with Gasteiger partial charge in [0.1, 0.15) is 18.2 Å². The molecule has 3 rings (SSSR count). The SMILES string of the molecule is COCC(=O)NCCCCCc1nc2ccccc2n1CCCCOc1ccc(C)c(C)c1. The maximum Gasteiger partial charge on any atom is 0.245 e. The fraction of sp³-hybridized carbons (Fsp3) is 0.481. The first kappa shape index (κ1) is 24.8. The van der Waals surface area contributed by atoms with Crippen LogP contribution in [-0.2, 0) is 22.5 Å². The smallest absolute Gasteiger partial charge is 0.245 e. The van der Waals surface area contributed by atoms with Crippen molar-refractivity contribution in [3.8, 4) is 5.75 Å². The lowest BCUT2D eigenvalue weighted by molar-refractivity contribution is -0.124. The summed E-state index contributed by atoms with van der Waals surface area (Å²) in [4.78, 5) is 16.3. The molecule has 0 spiro atoms. The van der Waals surface area contributed by atoms with E-state index >= 15 is 0 Å². The van der Waals surface area contributed by atoms with E-state index in [9.17, 15) is 4.79 Å². The maximum absolute atomic E-state index is 11.4. The van der Waals surface area contributed by atoms with Gasteiger partial charge in [0.2, 0.25) is 5.91 Å². The second kappa shape index (κ2) is 13.0. The first-order valence-electron chi connectivity index (χ1n) is 12.0. The molecule has 1 amide bonds. The van der Waals surface area contributed by atoms with Crippen molar-refractivity contribution in [1.29, 1.82) is 0 Å². The minimum atomic E-state index is -0.0548. The third-order valence-electron chi connectivity index (χ3n) is 5.93. The number of benzene rings is 2. The van der Waals surface area contributed by atoms with Gasteiger partial charge in [-0.2, -0.15) is 0 Å². The van der Waals surface area contributed by atoms with Gasteiger partial charge in [-0.05, 0) is 74.9 Å². The second-order valence-electron chi connectivity index (χ2n) is 8.56. The van der Waals surface area contributed by atoms with Crippen molar-refractivity contribution in [3.05, 3.63) is 59.4 Å². The molecule has 178 valence electrons. The number of aryl methyl sites for hydroxylation is 4. The summed E-state index contributed by atoms with van der Waals surface area (Å²) in [6.07, 6.45) is 6.06. The molecular formula is C27H37N3O3. The number of amides is 1. The Morgan fingerprint density at radius 1 is 1.00 bits per heavy atom. The van der Waals surface area contributed by atoms with E-state index in [-0.39, 0.29) is 12.5 Å². The molecule has 0 saturated carbocycles. The van der Waals surface area contributed by atoms with Crippen LogP contribution in [0.25, 0.3) is 11.0 Å². The topological polar surface area (TPSA) is 65.4 Å². The summed E-state index contributed by atoms with van der Waals surface area (Å²) in [6, 6.07) is 14.6. The number of methoxy groups -OCH3 is 1. The molecule has 1 heterocycles. The number of carbonyl (C=O) groups is 1. The van der Waals surface area contributed by atoms with Gasteiger partial charge in [0.25, 0.3) is 0 Å².